The maximum absolute atomic E-state index is 11.7. The molecular weight excluding hydrogens is 400 g/mol. The number of carbonyl (C=O) groups excluding carboxylic acids is 1. The molecule has 0 saturated heterocycles. The highest BCUT2D eigenvalue weighted by Gasteiger charge is 2.28. The van der Waals surface area contributed by atoms with E-state index >= 15 is 0 Å². The highest BCUT2D eigenvalue weighted by Crippen LogP contribution is 2.29. The van der Waals surface area contributed by atoms with E-state index < -0.39 is 0 Å². The van der Waals surface area contributed by atoms with E-state index in [0.717, 1.165) is 53.9 Å². The predicted molar refractivity (Wildman–Crippen MR) is 126 cm³/mol. The molecule has 0 radical (unpaired) electrons. The summed E-state index contributed by atoms with van der Waals surface area (Å²) in [6.07, 6.45) is 3.30. The predicted octanol–water partition coefficient (Wildman–Crippen LogP) is 5.67. The largest absolute Gasteiger partial charge is 0.474 e. The molecule has 1 fully saturated rings. The minimum atomic E-state index is -0.118. The van der Waals surface area contributed by atoms with Crippen LogP contribution < -0.4 is 4.74 Å². The van der Waals surface area contributed by atoms with E-state index in [1.165, 1.54) is 7.11 Å². The number of carbonyl (C=O) groups is 1. The number of benzene rings is 2. The summed E-state index contributed by atoms with van der Waals surface area (Å²) in [5, 5.41) is 0. The van der Waals surface area contributed by atoms with Gasteiger partial charge in [0, 0.05) is 17.2 Å². The zero-order valence-electron chi connectivity index (χ0n) is 18.5. The van der Waals surface area contributed by atoms with E-state index in [4.69, 9.17) is 14.5 Å². The van der Waals surface area contributed by atoms with Crippen molar-refractivity contribution in [2.24, 2.45) is 10.9 Å². The molecule has 0 aliphatic heterocycles. The van der Waals surface area contributed by atoms with Crippen LogP contribution in [0.3, 0.4) is 0 Å². The highest BCUT2D eigenvalue weighted by atomic mass is 16.5. The Labute approximate surface area is 189 Å². The Morgan fingerprint density at radius 1 is 0.875 bits per heavy atom. The molecule has 1 aromatic heterocycles. The lowest BCUT2D eigenvalue weighted by molar-refractivity contribution is -0.147. The molecule has 32 heavy (non-hydrogen) atoms. The van der Waals surface area contributed by atoms with Crippen LogP contribution >= 0.6 is 0 Å². The molecule has 164 valence electrons. The Hall–Kier alpha value is -3.47. The average molecular weight is 429 g/mol. The molecule has 0 atom stereocenters. The number of aromatic nitrogens is 1. The molecule has 1 aliphatic carbocycles. The summed E-state index contributed by atoms with van der Waals surface area (Å²) in [6, 6.07) is 24.2. The fourth-order valence-electron chi connectivity index (χ4n) is 4.08. The summed E-state index contributed by atoms with van der Waals surface area (Å²) < 4.78 is 11.0. The number of aliphatic imine (C=N–C) groups is 1. The number of methoxy groups -OCH3 is 1. The molecule has 0 N–H and O–H groups in total. The van der Waals surface area contributed by atoms with Gasteiger partial charge in [-0.25, -0.2) is 9.98 Å². The normalized spacial score (nSPS) is 17.9. The second-order valence-corrected chi connectivity index (χ2v) is 8.06. The standard InChI is InChI=1S/C27H28N2O3/c1-19-24(29-26(20-9-5-3-6-10-20)21-11-7-4-8-12-21)17-18-25(28-19)32-23-15-13-22(14-16-23)27(30)31-2/h3-12,17-18,22-23H,13-16H2,1-2H3/t22-,23-. The van der Waals surface area contributed by atoms with E-state index in [1.807, 2.05) is 55.5 Å². The van der Waals surface area contributed by atoms with Crippen LogP contribution in [0.15, 0.2) is 77.8 Å². The SMILES string of the molecule is COC(=O)[C@H]1CC[C@H](Oc2ccc(N=C(c3ccccc3)c3ccccc3)c(C)n2)CC1. The molecule has 0 unspecified atom stereocenters. The van der Waals surface area contributed by atoms with Crippen LogP contribution in [0.25, 0.3) is 0 Å². The fraction of sp³-hybridized carbons (Fsp3) is 0.296. The van der Waals surface area contributed by atoms with Crippen molar-refractivity contribution < 1.29 is 14.3 Å². The number of esters is 1. The maximum Gasteiger partial charge on any atom is 0.308 e. The van der Waals surface area contributed by atoms with Crippen molar-refractivity contribution in [2.45, 2.75) is 38.7 Å². The van der Waals surface area contributed by atoms with Gasteiger partial charge in [-0.15, -0.1) is 0 Å². The Kier molecular flexibility index (Phi) is 6.95. The van der Waals surface area contributed by atoms with Crippen LogP contribution in [0.2, 0.25) is 0 Å². The quantitative estimate of drug-likeness (QED) is 0.375. The molecule has 0 spiro atoms. The van der Waals surface area contributed by atoms with Gasteiger partial charge in [0.25, 0.3) is 0 Å². The molecule has 3 aromatic rings. The van der Waals surface area contributed by atoms with Crippen LogP contribution in [0.4, 0.5) is 5.69 Å². The minimum Gasteiger partial charge on any atom is -0.474 e. The number of nitrogens with zero attached hydrogens (tertiary/aromatic N) is 2. The first-order valence-electron chi connectivity index (χ1n) is 11.1. The Morgan fingerprint density at radius 2 is 1.47 bits per heavy atom. The number of rotatable bonds is 6. The fourth-order valence-corrected chi connectivity index (χ4v) is 4.08. The van der Waals surface area contributed by atoms with E-state index in [1.54, 1.807) is 0 Å². The first kappa shape index (κ1) is 21.8. The summed E-state index contributed by atoms with van der Waals surface area (Å²) in [6.45, 7) is 1.95. The van der Waals surface area contributed by atoms with Crippen molar-refractivity contribution in [1.29, 1.82) is 0 Å². The molecule has 0 bridgehead atoms. The molecule has 1 aliphatic rings. The van der Waals surface area contributed by atoms with Crippen LogP contribution in [0.1, 0.15) is 42.5 Å². The molecule has 5 heteroatoms. The minimum absolute atomic E-state index is 0.0133. The summed E-state index contributed by atoms with van der Waals surface area (Å²) in [4.78, 5) is 21.3. The summed E-state index contributed by atoms with van der Waals surface area (Å²) in [7, 11) is 1.45. The third kappa shape index (κ3) is 5.22. The molecule has 1 saturated carbocycles. The number of hydrogen-bond donors (Lipinski definition) is 0. The average Bonchev–Trinajstić information content (AvgIpc) is 2.84. The third-order valence-corrected chi connectivity index (χ3v) is 5.86. The Balaban J connectivity index is 1.52. The van der Waals surface area contributed by atoms with Crippen molar-refractivity contribution >= 4 is 17.4 Å². The Morgan fingerprint density at radius 3 is 2.00 bits per heavy atom. The first-order valence-corrected chi connectivity index (χ1v) is 11.1. The lowest BCUT2D eigenvalue weighted by Crippen LogP contribution is -2.28. The topological polar surface area (TPSA) is 60.8 Å². The van der Waals surface area contributed by atoms with Gasteiger partial charge in [0.15, 0.2) is 0 Å². The molecular formula is C27H28N2O3. The smallest absolute Gasteiger partial charge is 0.308 e. The molecule has 0 amide bonds. The van der Waals surface area contributed by atoms with Gasteiger partial charge < -0.3 is 9.47 Å². The van der Waals surface area contributed by atoms with Gasteiger partial charge in [-0.3, -0.25) is 4.79 Å². The number of hydrogen-bond acceptors (Lipinski definition) is 5. The number of pyridine rings is 1. The van der Waals surface area contributed by atoms with Crippen LogP contribution in [-0.4, -0.2) is 29.9 Å². The summed E-state index contributed by atoms with van der Waals surface area (Å²) in [5.41, 5.74) is 4.65. The van der Waals surface area contributed by atoms with Gasteiger partial charge in [-0.2, -0.15) is 0 Å². The maximum atomic E-state index is 11.7. The lowest BCUT2D eigenvalue weighted by Gasteiger charge is -2.27. The van der Waals surface area contributed by atoms with E-state index in [-0.39, 0.29) is 18.0 Å². The zero-order valence-corrected chi connectivity index (χ0v) is 18.5. The van der Waals surface area contributed by atoms with Gasteiger partial charge >= 0.3 is 5.97 Å². The molecule has 4 rings (SSSR count). The number of ether oxygens (including phenoxy) is 2. The monoisotopic (exact) mass is 428 g/mol. The van der Waals surface area contributed by atoms with Crippen LogP contribution in [0.5, 0.6) is 5.88 Å². The second kappa shape index (κ2) is 10.2. The van der Waals surface area contributed by atoms with Gasteiger partial charge in [0.05, 0.1) is 30.1 Å². The van der Waals surface area contributed by atoms with Crippen LogP contribution in [0, 0.1) is 12.8 Å². The van der Waals surface area contributed by atoms with Gasteiger partial charge in [0.1, 0.15) is 6.10 Å². The van der Waals surface area contributed by atoms with Crippen LogP contribution in [-0.2, 0) is 9.53 Å². The first-order chi connectivity index (χ1) is 15.6. The van der Waals surface area contributed by atoms with Gasteiger partial charge in [0.2, 0.25) is 5.88 Å². The molecule has 2 aromatic carbocycles. The lowest BCUT2D eigenvalue weighted by atomic mass is 9.87. The van der Waals surface area contributed by atoms with Crippen molar-refractivity contribution in [3.05, 3.63) is 89.6 Å². The van der Waals surface area contributed by atoms with Crippen molar-refractivity contribution in [3.63, 3.8) is 0 Å². The van der Waals surface area contributed by atoms with Gasteiger partial charge in [-0.05, 0) is 38.7 Å². The van der Waals surface area contributed by atoms with E-state index in [0.29, 0.717) is 5.88 Å². The summed E-state index contributed by atoms with van der Waals surface area (Å²) >= 11 is 0. The zero-order chi connectivity index (χ0) is 22.3. The molecule has 1 heterocycles. The molecule has 5 nitrogen and oxygen atoms in total. The second-order valence-electron chi connectivity index (χ2n) is 8.06. The Bertz CT molecular complexity index is 1030. The van der Waals surface area contributed by atoms with E-state index in [9.17, 15) is 4.79 Å². The third-order valence-electron chi connectivity index (χ3n) is 5.86. The van der Waals surface area contributed by atoms with Crippen molar-refractivity contribution in [3.8, 4) is 5.88 Å². The van der Waals surface area contributed by atoms with Gasteiger partial charge in [-0.1, -0.05) is 60.7 Å². The number of aryl methyl sites for hydroxylation is 1. The summed E-state index contributed by atoms with van der Waals surface area (Å²) in [5.74, 6) is 0.469. The van der Waals surface area contributed by atoms with Crippen molar-refractivity contribution in [1.82, 2.24) is 4.98 Å². The van der Waals surface area contributed by atoms with Crippen molar-refractivity contribution in [2.75, 3.05) is 7.11 Å². The van der Waals surface area contributed by atoms with E-state index in [2.05, 4.69) is 29.2 Å². The highest BCUT2D eigenvalue weighted by molar-refractivity contribution is 6.14.